The molecule has 0 spiro atoms. The van der Waals surface area contributed by atoms with E-state index in [2.05, 4.69) is 5.32 Å². The molecule has 7 nitrogen and oxygen atoms in total. The summed E-state index contributed by atoms with van der Waals surface area (Å²) in [6.07, 6.45) is 0.245. The van der Waals surface area contributed by atoms with Crippen LogP contribution in [0, 0.1) is 0 Å². The van der Waals surface area contributed by atoms with Crippen LogP contribution in [0.1, 0.15) is 21.5 Å². The monoisotopic (exact) mass is 500 g/mol. The van der Waals surface area contributed by atoms with Gasteiger partial charge in [-0.15, -0.1) is 0 Å². The summed E-state index contributed by atoms with van der Waals surface area (Å²) in [5, 5.41) is 4.56. The molecule has 0 aliphatic carbocycles. The molecule has 36 heavy (non-hydrogen) atoms. The van der Waals surface area contributed by atoms with Crippen molar-refractivity contribution in [1.82, 2.24) is 4.31 Å². The Morgan fingerprint density at radius 3 is 2.25 bits per heavy atom. The molecule has 4 aromatic carbocycles. The fourth-order valence-electron chi connectivity index (χ4n) is 4.47. The highest BCUT2D eigenvalue weighted by molar-refractivity contribution is 7.89. The standard InChI is InChI=1S/C28H24N2O5S/c1-35-28(32)20-10-13-24(14-11-20)29-27(31)26-17-22-8-4-5-9-23(22)18-30(26)36(33,34)25-15-12-19-6-2-3-7-21(19)16-25/h2-16,26H,17-18H2,1H3,(H,29,31). The second-order valence-electron chi connectivity index (χ2n) is 8.61. The number of esters is 1. The van der Waals surface area contributed by atoms with Crippen molar-refractivity contribution < 1.29 is 22.7 Å². The van der Waals surface area contributed by atoms with Crippen LogP contribution in [0.25, 0.3) is 10.8 Å². The lowest BCUT2D eigenvalue weighted by molar-refractivity contribution is -0.120. The first kappa shape index (κ1) is 23.7. The number of nitrogens with one attached hydrogen (secondary N) is 1. The van der Waals surface area contributed by atoms with Crippen LogP contribution in [-0.2, 0) is 32.5 Å². The Balaban J connectivity index is 1.49. The van der Waals surface area contributed by atoms with E-state index in [1.807, 2.05) is 48.5 Å². The van der Waals surface area contributed by atoms with Crippen molar-refractivity contribution in [2.45, 2.75) is 23.9 Å². The maximum absolute atomic E-state index is 13.9. The summed E-state index contributed by atoms with van der Waals surface area (Å²) in [7, 11) is -2.70. The van der Waals surface area contributed by atoms with Gasteiger partial charge < -0.3 is 10.1 Å². The van der Waals surface area contributed by atoms with E-state index in [4.69, 9.17) is 4.74 Å². The lowest BCUT2D eigenvalue weighted by Crippen LogP contribution is -2.50. The summed E-state index contributed by atoms with van der Waals surface area (Å²) in [6.45, 7) is 0.0880. The molecule has 1 atom stereocenters. The second-order valence-corrected chi connectivity index (χ2v) is 10.5. The van der Waals surface area contributed by atoms with E-state index < -0.39 is 27.9 Å². The van der Waals surface area contributed by atoms with Gasteiger partial charge in [0.25, 0.3) is 0 Å². The molecule has 8 heteroatoms. The number of carbonyl (C=O) groups excluding carboxylic acids is 2. The van der Waals surface area contributed by atoms with Crippen molar-refractivity contribution in [3.63, 3.8) is 0 Å². The molecule has 1 aliphatic heterocycles. The number of hydrogen-bond acceptors (Lipinski definition) is 5. The van der Waals surface area contributed by atoms with Crippen LogP contribution in [0.4, 0.5) is 5.69 Å². The fourth-order valence-corrected chi connectivity index (χ4v) is 6.07. The van der Waals surface area contributed by atoms with Crippen LogP contribution in [-0.4, -0.2) is 37.8 Å². The second kappa shape index (κ2) is 9.56. The number of fused-ring (bicyclic) bond motifs is 2. The number of benzene rings is 4. The zero-order valence-corrected chi connectivity index (χ0v) is 20.4. The van der Waals surface area contributed by atoms with Gasteiger partial charge in [0.2, 0.25) is 15.9 Å². The molecular formula is C28H24N2O5S. The van der Waals surface area contributed by atoms with Gasteiger partial charge in [-0.25, -0.2) is 13.2 Å². The Labute approximate surface area is 209 Å². The lowest BCUT2D eigenvalue weighted by Gasteiger charge is -2.35. The van der Waals surface area contributed by atoms with Gasteiger partial charge in [-0.05, 0) is 64.7 Å². The van der Waals surface area contributed by atoms with Gasteiger partial charge in [0.05, 0.1) is 17.6 Å². The summed E-state index contributed by atoms with van der Waals surface area (Å²) in [6, 6.07) is 25.4. The van der Waals surface area contributed by atoms with Crippen LogP contribution in [0.5, 0.6) is 0 Å². The predicted octanol–water partition coefficient (Wildman–Crippen LogP) is 4.38. The lowest BCUT2D eigenvalue weighted by atomic mass is 9.95. The van der Waals surface area contributed by atoms with E-state index in [-0.39, 0.29) is 17.9 Å². The summed E-state index contributed by atoms with van der Waals surface area (Å²) in [5.74, 6) is -0.927. The zero-order chi connectivity index (χ0) is 25.3. The molecule has 0 saturated carbocycles. The molecule has 1 unspecified atom stereocenters. The Hall–Kier alpha value is -4.01. The third-order valence-electron chi connectivity index (χ3n) is 6.41. The van der Waals surface area contributed by atoms with Crippen molar-refractivity contribution in [3.05, 3.63) is 108 Å². The first-order chi connectivity index (χ1) is 17.4. The number of anilines is 1. The number of ether oxygens (including phenoxy) is 1. The minimum atomic E-state index is -3.99. The van der Waals surface area contributed by atoms with Crippen molar-refractivity contribution in [3.8, 4) is 0 Å². The van der Waals surface area contributed by atoms with Crippen LogP contribution < -0.4 is 5.32 Å². The first-order valence-corrected chi connectivity index (χ1v) is 12.9. The molecule has 1 aliphatic rings. The highest BCUT2D eigenvalue weighted by atomic mass is 32.2. The van der Waals surface area contributed by atoms with Crippen LogP contribution in [0.3, 0.4) is 0 Å². The van der Waals surface area contributed by atoms with Gasteiger partial charge in [-0.3, -0.25) is 4.79 Å². The SMILES string of the molecule is COC(=O)c1ccc(NC(=O)C2Cc3ccccc3CN2S(=O)(=O)c2ccc3ccccc3c2)cc1. The Morgan fingerprint density at radius 1 is 0.861 bits per heavy atom. The van der Waals surface area contributed by atoms with Gasteiger partial charge in [-0.1, -0.05) is 54.6 Å². The average molecular weight is 501 g/mol. The van der Waals surface area contributed by atoms with E-state index in [9.17, 15) is 18.0 Å². The Kier molecular flexibility index (Phi) is 6.30. The summed E-state index contributed by atoms with van der Waals surface area (Å²) in [4.78, 5) is 25.3. The van der Waals surface area contributed by atoms with E-state index >= 15 is 0 Å². The molecule has 0 aromatic heterocycles. The van der Waals surface area contributed by atoms with Crippen LogP contribution in [0.15, 0.2) is 95.9 Å². The fraction of sp³-hybridized carbons (Fsp3) is 0.143. The quantitative estimate of drug-likeness (QED) is 0.411. The van der Waals surface area contributed by atoms with Crippen molar-refractivity contribution >= 4 is 38.4 Å². The molecule has 0 radical (unpaired) electrons. The zero-order valence-electron chi connectivity index (χ0n) is 19.5. The van der Waals surface area contributed by atoms with E-state index in [1.54, 1.807) is 42.5 Å². The summed E-state index contributed by atoms with van der Waals surface area (Å²) >= 11 is 0. The Bertz CT molecular complexity index is 1560. The van der Waals surface area contributed by atoms with Gasteiger partial charge in [0, 0.05) is 12.2 Å². The third-order valence-corrected chi connectivity index (χ3v) is 8.26. The molecular weight excluding hydrogens is 476 g/mol. The van der Waals surface area contributed by atoms with Gasteiger partial charge in [0.1, 0.15) is 6.04 Å². The molecule has 0 bridgehead atoms. The molecule has 0 fully saturated rings. The molecule has 0 saturated heterocycles. The number of nitrogens with zero attached hydrogens (tertiary/aromatic N) is 1. The minimum Gasteiger partial charge on any atom is -0.465 e. The normalized spacial score (nSPS) is 15.8. The van der Waals surface area contributed by atoms with E-state index in [1.165, 1.54) is 11.4 Å². The number of methoxy groups -OCH3 is 1. The molecule has 1 N–H and O–H groups in total. The molecule has 1 heterocycles. The van der Waals surface area contributed by atoms with Crippen molar-refractivity contribution in [2.75, 3.05) is 12.4 Å². The summed E-state index contributed by atoms with van der Waals surface area (Å²) < 4.78 is 33.7. The number of rotatable bonds is 5. The molecule has 4 aromatic rings. The van der Waals surface area contributed by atoms with Crippen molar-refractivity contribution in [1.29, 1.82) is 0 Å². The maximum Gasteiger partial charge on any atom is 0.337 e. The highest BCUT2D eigenvalue weighted by Crippen LogP contribution is 2.31. The topological polar surface area (TPSA) is 92.8 Å². The summed E-state index contributed by atoms with van der Waals surface area (Å²) in [5.41, 5.74) is 2.61. The number of carbonyl (C=O) groups is 2. The molecule has 1 amide bonds. The first-order valence-electron chi connectivity index (χ1n) is 11.4. The minimum absolute atomic E-state index is 0.0880. The number of hydrogen-bond donors (Lipinski definition) is 1. The molecule has 182 valence electrons. The number of amides is 1. The third kappa shape index (κ3) is 4.48. The van der Waals surface area contributed by atoms with Crippen molar-refractivity contribution in [2.24, 2.45) is 0 Å². The van der Waals surface area contributed by atoms with Crippen LogP contribution >= 0.6 is 0 Å². The van der Waals surface area contributed by atoms with Gasteiger partial charge in [-0.2, -0.15) is 4.31 Å². The van der Waals surface area contributed by atoms with E-state index in [0.717, 1.165) is 21.9 Å². The Morgan fingerprint density at radius 2 is 1.53 bits per heavy atom. The highest BCUT2D eigenvalue weighted by Gasteiger charge is 2.39. The average Bonchev–Trinajstić information content (AvgIpc) is 2.92. The largest absolute Gasteiger partial charge is 0.465 e. The predicted molar refractivity (Wildman–Crippen MR) is 137 cm³/mol. The molecule has 5 rings (SSSR count). The van der Waals surface area contributed by atoms with Gasteiger partial charge in [0.15, 0.2) is 0 Å². The smallest absolute Gasteiger partial charge is 0.337 e. The van der Waals surface area contributed by atoms with Crippen LogP contribution in [0.2, 0.25) is 0 Å². The van der Waals surface area contributed by atoms with Gasteiger partial charge >= 0.3 is 5.97 Å². The van der Waals surface area contributed by atoms with E-state index in [0.29, 0.717) is 11.3 Å². The maximum atomic E-state index is 13.9. The number of sulfonamides is 1.